The van der Waals surface area contributed by atoms with Crippen LogP contribution in [0.5, 0.6) is 5.75 Å². The topological polar surface area (TPSA) is 98.5 Å². The quantitative estimate of drug-likeness (QED) is 0.818. The average molecular weight is 369 g/mol. The molecule has 0 atom stereocenters. The summed E-state index contributed by atoms with van der Waals surface area (Å²) in [4.78, 5) is 11.3. The van der Waals surface area contributed by atoms with Gasteiger partial charge in [0, 0.05) is 5.02 Å². The Balaban J connectivity index is 2.52. The van der Waals surface area contributed by atoms with Crippen LogP contribution in [0.2, 0.25) is 5.02 Å². The third-order valence-electron chi connectivity index (χ3n) is 3.25. The summed E-state index contributed by atoms with van der Waals surface area (Å²) in [5.74, 6) is -0.552. The van der Waals surface area contributed by atoms with E-state index in [-0.39, 0.29) is 21.9 Å². The number of ether oxygens (including phenoxy) is 1. The SMILES string of the molecule is CCOc1cc(C)c(Cl)cc1S(=O)(=O)Nc1ccccc1C(N)=O. The van der Waals surface area contributed by atoms with Gasteiger partial charge in [-0.3, -0.25) is 9.52 Å². The number of primary amides is 1. The molecule has 0 aromatic heterocycles. The Morgan fingerprint density at radius 3 is 2.58 bits per heavy atom. The normalized spacial score (nSPS) is 11.1. The van der Waals surface area contributed by atoms with Gasteiger partial charge in [-0.25, -0.2) is 8.42 Å². The van der Waals surface area contributed by atoms with Gasteiger partial charge in [0.2, 0.25) is 0 Å². The van der Waals surface area contributed by atoms with Crippen LogP contribution in [0.3, 0.4) is 0 Å². The first-order chi connectivity index (χ1) is 11.3. The van der Waals surface area contributed by atoms with E-state index in [0.717, 1.165) is 0 Å². The first kappa shape index (κ1) is 18.1. The molecule has 0 spiro atoms. The smallest absolute Gasteiger partial charge is 0.265 e. The molecule has 8 heteroatoms. The Morgan fingerprint density at radius 1 is 1.29 bits per heavy atom. The minimum absolute atomic E-state index is 0.0669. The number of rotatable bonds is 6. The molecule has 0 saturated carbocycles. The van der Waals surface area contributed by atoms with Crippen molar-refractivity contribution in [1.82, 2.24) is 0 Å². The molecular weight excluding hydrogens is 352 g/mol. The van der Waals surface area contributed by atoms with Crippen molar-refractivity contribution in [3.05, 3.63) is 52.5 Å². The number of aryl methyl sites for hydroxylation is 1. The first-order valence-electron chi connectivity index (χ1n) is 7.11. The lowest BCUT2D eigenvalue weighted by molar-refractivity contribution is 0.100. The molecular formula is C16H17ClN2O4S. The lowest BCUT2D eigenvalue weighted by atomic mass is 10.2. The van der Waals surface area contributed by atoms with Crippen molar-refractivity contribution in [3.63, 3.8) is 0 Å². The van der Waals surface area contributed by atoms with Crippen LogP contribution in [-0.4, -0.2) is 20.9 Å². The molecule has 0 saturated heterocycles. The summed E-state index contributed by atoms with van der Waals surface area (Å²) in [5.41, 5.74) is 6.12. The second-order valence-corrected chi connectivity index (χ2v) is 7.05. The van der Waals surface area contributed by atoms with Crippen LogP contribution >= 0.6 is 11.6 Å². The second kappa shape index (κ2) is 7.11. The second-order valence-electron chi connectivity index (χ2n) is 5.00. The Kier molecular flexibility index (Phi) is 5.36. The molecule has 128 valence electrons. The zero-order chi connectivity index (χ0) is 17.9. The maximum absolute atomic E-state index is 12.7. The van der Waals surface area contributed by atoms with Crippen molar-refractivity contribution in [2.45, 2.75) is 18.7 Å². The number of hydrogen-bond donors (Lipinski definition) is 2. The van der Waals surface area contributed by atoms with Crippen LogP contribution in [0.15, 0.2) is 41.3 Å². The summed E-state index contributed by atoms with van der Waals surface area (Å²) in [6.07, 6.45) is 0. The van der Waals surface area contributed by atoms with Gasteiger partial charge < -0.3 is 10.5 Å². The van der Waals surface area contributed by atoms with E-state index in [1.807, 2.05) is 0 Å². The Hall–Kier alpha value is -2.25. The summed E-state index contributed by atoms with van der Waals surface area (Å²) in [6.45, 7) is 3.79. The number of nitrogens with two attached hydrogens (primary N) is 1. The third kappa shape index (κ3) is 3.80. The summed E-state index contributed by atoms with van der Waals surface area (Å²) >= 11 is 6.05. The molecule has 0 aliphatic heterocycles. The number of halogens is 1. The van der Waals surface area contributed by atoms with Gasteiger partial charge in [0.15, 0.2) is 0 Å². The van der Waals surface area contributed by atoms with Gasteiger partial charge in [-0.05, 0) is 43.7 Å². The number of sulfonamides is 1. The Labute approximate surface area is 145 Å². The molecule has 0 aliphatic rings. The van der Waals surface area contributed by atoms with Crippen molar-refractivity contribution in [2.75, 3.05) is 11.3 Å². The molecule has 0 fully saturated rings. The van der Waals surface area contributed by atoms with E-state index < -0.39 is 15.9 Å². The minimum Gasteiger partial charge on any atom is -0.492 e. The monoisotopic (exact) mass is 368 g/mol. The number of anilines is 1. The van der Waals surface area contributed by atoms with E-state index in [4.69, 9.17) is 22.1 Å². The van der Waals surface area contributed by atoms with Crippen LogP contribution in [0.4, 0.5) is 5.69 Å². The molecule has 6 nitrogen and oxygen atoms in total. The summed E-state index contributed by atoms with van der Waals surface area (Å²) in [5, 5.41) is 0.294. The molecule has 0 bridgehead atoms. The van der Waals surface area contributed by atoms with Gasteiger partial charge in [0.05, 0.1) is 17.9 Å². The van der Waals surface area contributed by atoms with Crippen LogP contribution in [-0.2, 0) is 10.0 Å². The van der Waals surface area contributed by atoms with Gasteiger partial charge in [-0.15, -0.1) is 0 Å². The molecule has 0 aliphatic carbocycles. The van der Waals surface area contributed by atoms with Gasteiger partial charge >= 0.3 is 0 Å². The van der Waals surface area contributed by atoms with Crippen molar-refractivity contribution >= 4 is 33.2 Å². The fraction of sp³-hybridized carbons (Fsp3) is 0.188. The van der Waals surface area contributed by atoms with Crippen molar-refractivity contribution in [1.29, 1.82) is 0 Å². The maximum atomic E-state index is 12.7. The van der Waals surface area contributed by atoms with Gasteiger partial charge in [-0.2, -0.15) is 0 Å². The fourth-order valence-corrected chi connectivity index (χ4v) is 3.56. The number of nitrogens with one attached hydrogen (secondary N) is 1. The largest absolute Gasteiger partial charge is 0.492 e. The Bertz CT molecular complexity index is 882. The predicted molar refractivity (Wildman–Crippen MR) is 93.1 cm³/mol. The van der Waals surface area contributed by atoms with Crippen LogP contribution < -0.4 is 15.2 Å². The molecule has 2 aromatic carbocycles. The maximum Gasteiger partial charge on any atom is 0.265 e. The van der Waals surface area contributed by atoms with Crippen molar-refractivity contribution < 1.29 is 17.9 Å². The summed E-state index contributed by atoms with van der Waals surface area (Å²) in [7, 11) is -4.03. The molecule has 24 heavy (non-hydrogen) atoms. The standard InChI is InChI=1S/C16H17ClN2O4S/c1-3-23-14-8-10(2)12(17)9-15(14)24(21,22)19-13-7-5-4-6-11(13)16(18)20/h4-9,19H,3H2,1-2H3,(H2,18,20). The molecule has 0 radical (unpaired) electrons. The number of para-hydroxylation sites is 1. The number of hydrogen-bond acceptors (Lipinski definition) is 4. The van der Waals surface area contributed by atoms with Crippen LogP contribution in [0.25, 0.3) is 0 Å². The Morgan fingerprint density at radius 2 is 1.96 bits per heavy atom. The number of carbonyl (C=O) groups is 1. The zero-order valence-electron chi connectivity index (χ0n) is 13.2. The predicted octanol–water partition coefficient (Wildman–Crippen LogP) is 2.95. The zero-order valence-corrected chi connectivity index (χ0v) is 14.7. The molecule has 1 amide bonds. The fourth-order valence-electron chi connectivity index (χ4n) is 2.10. The van der Waals surface area contributed by atoms with E-state index in [2.05, 4.69) is 4.72 Å². The molecule has 0 unspecified atom stereocenters. The van der Waals surface area contributed by atoms with E-state index >= 15 is 0 Å². The van der Waals surface area contributed by atoms with Crippen LogP contribution in [0.1, 0.15) is 22.8 Å². The minimum atomic E-state index is -4.03. The highest BCUT2D eigenvalue weighted by Gasteiger charge is 2.23. The highest BCUT2D eigenvalue weighted by molar-refractivity contribution is 7.92. The number of amides is 1. The van der Waals surface area contributed by atoms with Gasteiger partial charge in [0.1, 0.15) is 10.6 Å². The summed E-state index contributed by atoms with van der Waals surface area (Å²) < 4.78 is 33.2. The summed E-state index contributed by atoms with van der Waals surface area (Å²) in [6, 6.07) is 8.94. The molecule has 2 aromatic rings. The van der Waals surface area contributed by atoms with Gasteiger partial charge in [0.25, 0.3) is 15.9 Å². The molecule has 3 N–H and O–H groups in total. The lowest BCUT2D eigenvalue weighted by Crippen LogP contribution is -2.19. The average Bonchev–Trinajstić information content (AvgIpc) is 2.50. The van der Waals surface area contributed by atoms with E-state index in [1.165, 1.54) is 18.2 Å². The number of benzene rings is 2. The molecule has 0 heterocycles. The van der Waals surface area contributed by atoms with Crippen molar-refractivity contribution in [3.8, 4) is 5.75 Å². The van der Waals surface area contributed by atoms with Crippen LogP contribution in [0, 0.1) is 6.92 Å². The van der Waals surface area contributed by atoms with Gasteiger partial charge in [-0.1, -0.05) is 23.7 Å². The third-order valence-corrected chi connectivity index (χ3v) is 5.05. The molecule has 2 rings (SSSR count). The number of carbonyl (C=O) groups excluding carboxylic acids is 1. The van der Waals surface area contributed by atoms with Crippen molar-refractivity contribution in [2.24, 2.45) is 5.73 Å². The highest BCUT2D eigenvalue weighted by Crippen LogP contribution is 2.32. The van der Waals surface area contributed by atoms with E-state index in [0.29, 0.717) is 17.2 Å². The van der Waals surface area contributed by atoms with E-state index in [1.54, 1.807) is 32.0 Å². The lowest BCUT2D eigenvalue weighted by Gasteiger charge is -2.15. The highest BCUT2D eigenvalue weighted by atomic mass is 35.5. The first-order valence-corrected chi connectivity index (χ1v) is 8.97. The van der Waals surface area contributed by atoms with E-state index in [9.17, 15) is 13.2 Å².